The molecule has 172 valence electrons. The van der Waals surface area contributed by atoms with Crippen molar-refractivity contribution in [3.63, 3.8) is 0 Å². The lowest BCUT2D eigenvalue weighted by Gasteiger charge is -2.62. The lowest BCUT2D eigenvalue weighted by Crippen LogP contribution is -2.56. The van der Waals surface area contributed by atoms with Gasteiger partial charge in [-0.05, 0) is 115 Å². The molecular weight excluding hydrogens is 364 g/mol. The Hall–Kier alpha value is -0.300. The van der Waals surface area contributed by atoms with Gasteiger partial charge in [-0.3, -0.25) is 0 Å². The summed E-state index contributed by atoms with van der Waals surface area (Å²) < 4.78 is 0. The normalized spacial score (nSPS) is 50.8. The fourth-order valence-corrected chi connectivity index (χ4v) is 9.32. The average molecular weight is 415 g/mol. The van der Waals surface area contributed by atoms with E-state index in [0.717, 1.165) is 47.8 Å². The molecule has 4 aliphatic rings. The van der Waals surface area contributed by atoms with Gasteiger partial charge in [0, 0.05) is 0 Å². The average Bonchev–Trinajstić information content (AvgIpc) is 3.06. The predicted octanol–water partition coefficient (Wildman–Crippen LogP) is 7.74. The van der Waals surface area contributed by atoms with Gasteiger partial charge in [0.15, 0.2) is 0 Å². The zero-order valence-electron chi connectivity index (χ0n) is 21.0. The van der Waals surface area contributed by atoms with Crippen molar-refractivity contribution < 1.29 is 5.11 Å². The third kappa shape index (κ3) is 3.54. The van der Waals surface area contributed by atoms with Crippen LogP contribution < -0.4 is 0 Å². The molecule has 11 atom stereocenters. The van der Waals surface area contributed by atoms with Gasteiger partial charge < -0.3 is 5.11 Å². The van der Waals surface area contributed by atoms with Crippen LogP contribution in [0.3, 0.4) is 0 Å². The van der Waals surface area contributed by atoms with Crippen molar-refractivity contribution in [1.29, 1.82) is 0 Å². The van der Waals surface area contributed by atoms with Crippen LogP contribution in [0.2, 0.25) is 0 Å². The summed E-state index contributed by atoms with van der Waals surface area (Å²) in [5.41, 5.74) is 1.04. The molecule has 3 unspecified atom stereocenters. The molecule has 0 amide bonds. The third-order valence-corrected chi connectivity index (χ3v) is 11.6. The highest BCUT2D eigenvalue weighted by Crippen LogP contribution is 2.68. The molecule has 1 heteroatoms. The van der Waals surface area contributed by atoms with Gasteiger partial charge in [0.2, 0.25) is 0 Å². The Bertz CT molecular complexity index is 636. The lowest BCUT2D eigenvalue weighted by atomic mass is 9.43. The number of allylic oxidation sites excluding steroid dienone is 2. The van der Waals surface area contributed by atoms with Crippen LogP contribution in [0.1, 0.15) is 99.8 Å². The molecule has 4 aliphatic carbocycles. The first-order valence-corrected chi connectivity index (χ1v) is 13.5. The first-order valence-electron chi connectivity index (χ1n) is 13.5. The molecule has 1 nitrogen and oxygen atoms in total. The maximum Gasteiger partial charge on any atom is 0.0568 e. The van der Waals surface area contributed by atoms with E-state index < -0.39 is 0 Å². The first-order chi connectivity index (χ1) is 14.1. The summed E-state index contributed by atoms with van der Waals surface area (Å²) in [6.45, 7) is 17.2. The van der Waals surface area contributed by atoms with Crippen molar-refractivity contribution >= 4 is 0 Å². The topological polar surface area (TPSA) is 20.2 Å². The third-order valence-electron chi connectivity index (χ3n) is 11.6. The Morgan fingerprint density at radius 1 is 0.767 bits per heavy atom. The summed E-state index contributed by atoms with van der Waals surface area (Å²) in [7, 11) is 0. The second-order valence-electron chi connectivity index (χ2n) is 13.1. The van der Waals surface area contributed by atoms with Crippen LogP contribution in [0.15, 0.2) is 12.2 Å². The zero-order chi connectivity index (χ0) is 21.8. The first kappa shape index (κ1) is 22.9. The number of hydrogen-bond donors (Lipinski definition) is 1. The minimum Gasteiger partial charge on any atom is -0.393 e. The van der Waals surface area contributed by atoms with E-state index in [0.29, 0.717) is 22.7 Å². The monoisotopic (exact) mass is 414 g/mol. The van der Waals surface area contributed by atoms with Gasteiger partial charge in [0.25, 0.3) is 0 Å². The summed E-state index contributed by atoms with van der Waals surface area (Å²) in [5, 5.41) is 10.5. The molecule has 4 rings (SSSR count). The van der Waals surface area contributed by atoms with Gasteiger partial charge in [-0.25, -0.2) is 0 Å². The molecule has 0 aromatic heterocycles. The molecule has 0 bridgehead atoms. The van der Waals surface area contributed by atoms with Crippen molar-refractivity contribution in [2.75, 3.05) is 0 Å². The fraction of sp³-hybridized carbons (Fsp3) is 0.931. The number of hydrogen-bond acceptors (Lipinski definition) is 1. The molecule has 0 spiro atoms. The number of rotatable bonds is 4. The van der Waals surface area contributed by atoms with E-state index >= 15 is 0 Å². The van der Waals surface area contributed by atoms with Gasteiger partial charge in [0.05, 0.1) is 6.10 Å². The molecule has 4 fully saturated rings. The SMILES string of the molecule is CC(C)[C@@H](C)/C=C/[C@@H](C)[C@H]1CCC2C3CC[C@H]4[C@H](C)[C@@H](O)CC[C@]4(C)C3CC[C@@]21C. The maximum absolute atomic E-state index is 10.5. The fourth-order valence-electron chi connectivity index (χ4n) is 9.32. The van der Waals surface area contributed by atoms with Crippen LogP contribution in [-0.4, -0.2) is 11.2 Å². The van der Waals surface area contributed by atoms with Crippen LogP contribution >= 0.6 is 0 Å². The maximum atomic E-state index is 10.5. The van der Waals surface area contributed by atoms with Crippen molar-refractivity contribution in [1.82, 2.24) is 0 Å². The van der Waals surface area contributed by atoms with Crippen molar-refractivity contribution in [2.45, 2.75) is 106 Å². The summed E-state index contributed by atoms with van der Waals surface area (Å²) in [4.78, 5) is 0. The molecule has 0 heterocycles. The molecule has 30 heavy (non-hydrogen) atoms. The molecular formula is C29H50O. The van der Waals surface area contributed by atoms with Gasteiger partial charge in [0.1, 0.15) is 0 Å². The van der Waals surface area contributed by atoms with E-state index in [1.54, 1.807) is 0 Å². The lowest BCUT2D eigenvalue weighted by molar-refractivity contribution is -0.148. The molecule has 4 saturated carbocycles. The summed E-state index contributed by atoms with van der Waals surface area (Å²) in [6.07, 6.45) is 16.0. The predicted molar refractivity (Wildman–Crippen MR) is 128 cm³/mol. The highest BCUT2D eigenvalue weighted by molar-refractivity contribution is 5.12. The number of aliphatic hydroxyl groups excluding tert-OH is 1. The quantitative estimate of drug-likeness (QED) is 0.466. The van der Waals surface area contributed by atoms with Crippen molar-refractivity contribution in [3.8, 4) is 0 Å². The molecule has 1 N–H and O–H groups in total. The summed E-state index contributed by atoms with van der Waals surface area (Å²) in [5.74, 6) is 7.07. The minimum absolute atomic E-state index is 0.0507. The van der Waals surface area contributed by atoms with E-state index in [1.165, 1.54) is 44.9 Å². The molecule has 0 aliphatic heterocycles. The molecule has 0 aromatic carbocycles. The van der Waals surface area contributed by atoms with Crippen LogP contribution in [0.4, 0.5) is 0 Å². The van der Waals surface area contributed by atoms with Crippen molar-refractivity contribution in [3.05, 3.63) is 12.2 Å². The summed E-state index contributed by atoms with van der Waals surface area (Å²) in [6, 6.07) is 0. The largest absolute Gasteiger partial charge is 0.393 e. The number of aliphatic hydroxyl groups is 1. The molecule has 0 saturated heterocycles. The number of fused-ring (bicyclic) bond motifs is 5. The molecule has 0 radical (unpaired) electrons. The Labute approximate surface area is 187 Å². The standard InChI is InChI=1S/C29H50O/c1-18(2)19(3)8-9-20(4)23-12-13-25-22-10-11-24-21(5)27(30)15-17-29(24,7)26(22)14-16-28(23,25)6/h8-9,18-27,30H,10-17H2,1-7H3/b9-8+/t19-,20+,21-,22?,23+,24-,25?,26?,27-,28+,29-/m0/s1. The van der Waals surface area contributed by atoms with E-state index in [9.17, 15) is 5.11 Å². The van der Waals surface area contributed by atoms with Crippen LogP contribution in [-0.2, 0) is 0 Å². The second kappa shape index (κ2) is 8.24. The van der Waals surface area contributed by atoms with Crippen LogP contribution in [0.5, 0.6) is 0 Å². The van der Waals surface area contributed by atoms with Gasteiger partial charge >= 0.3 is 0 Å². The Morgan fingerprint density at radius 3 is 2.10 bits per heavy atom. The summed E-state index contributed by atoms with van der Waals surface area (Å²) >= 11 is 0. The Kier molecular flexibility index (Phi) is 6.28. The van der Waals surface area contributed by atoms with E-state index in [-0.39, 0.29) is 6.10 Å². The van der Waals surface area contributed by atoms with Crippen LogP contribution in [0, 0.1) is 64.1 Å². The Morgan fingerprint density at radius 2 is 1.40 bits per heavy atom. The van der Waals surface area contributed by atoms with Gasteiger partial charge in [-0.15, -0.1) is 0 Å². The van der Waals surface area contributed by atoms with E-state index in [4.69, 9.17) is 0 Å². The van der Waals surface area contributed by atoms with Crippen LogP contribution in [0.25, 0.3) is 0 Å². The highest BCUT2D eigenvalue weighted by Gasteiger charge is 2.61. The van der Waals surface area contributed by atoms with Gasteiger partial charge in [-0.2, -0.15) is 0 Å². The van der Waals surface area contributed by atoms with Crippen molar-refractivity contribution in [2.24, 2.45) is 64.1 Å². The minimum atomic E-state index is -0.0507. The Balaban J connectivity index is 1.51. The second-order valence-corrected chi connectivity index (χ2v) is 13.1. The van der Waals surface area contributed by atoms with E-state index in [2.05, 4.69) is 60.6 Å². The zero-order valence-corrected chi connectivity index (χ0v) is 21.0. The van der Waals surface area contributed by atoms with E-state index in [1.807, 2.05) is 0 Å². The van der Waals surface area contributed by atoms with Gasteiger partial charge in [-0.1, -0.05) is 60.6 Å². The smallest absolute Gasteiger partial charge is 0.0568 e. The highest BCUT2D eigenvalue weighted by atomic mass is 16.3. The molecule has 0 aromatic rings.